The Balaban J connectivity index is 2.01. The van der Waals surface area contributed by atoms with Crippen LogP contribution >= 0.6 is 0 Å². The molecule has 44 heavy (non-hydrogen) atoms. The summed E-state index contributed by atoms with van der Waals surface area (Å²) in [5.74, 6) is -2.02. The van der Waals surface area contributed by atoms with E-state index in [9.17, 15) is 29.4 Å². The Morgan fingerprint density at radius 3 is 1.95 bits per heavy atom. The van der Waals surface area contributed by atoms with E-state index in [1.807, 2.05) is 37.3 Å². The van der Waals surface area contributed by atoms with Gasteiger partial charge in [-0.3, -0.25) is 9.59 Å². The number of hydrogen-bond donors (Lipinski definition) is 4. The number of aliphatic hydroxyl groups is 1. The maximum absolute atomic E-state index is 14.3. The molecule has 3 rings (SSSR count). The first-order chi connectivity index (χ1) is 20.5. The van der Waals surface area contributed by atoms with E-state index >= 15 is 0 Å². The summed E-state index contributed by atoms with van der Waals surface area (Å²) in [5, 5.41) is 25.4. The number of esters is 1. The van der Waals surface area contributed by atoms with Crippen LogP contribution in [-0.4, -0.2) is 74.9 Å². The van der Waals surface area contributed by atoms with Crippen molar-refractivity contribution in [3.63, 3.8) is 0 Å². The third-order valence-electron chi connectivity index (χ3n) is 6.88. The highest BCUT2D eigenvalue weighted by Crippen LogP contribution is 2.41. The first-order valence-corrected chi connectivity index (χ1v) is 14.8. The standard InChI is InChI=1S/C33H45N3O8/c1-20-17-26(20)36(29(40)25(19-37)35-31(42)44-33(5,6)7)27(22-13-15-23(38)16-14-22)28(39)34-24(30(41)43-32(2,3)4)18-21-11-9-8-10-12-21/h8-16,20,24-27,37-38H,17-19H2,1-7H3,(H,34,39)(H,35,42). The van der Waals surface area contributed by atoms with Crippen LogP contribution in [0, 0.1) is 5.92 Å². The van der Waals surface area contributed by atoms with Gasteiger partial charge in [0.2, 0.25) is 11.8 Å². The van der Waals surface area contributed by atoms with E-state index < -0.39 is 65.9 Å². The molecule has 1 aliphatic rings. The van der Waals surface area contributed by atoms with Crippen LogP contribution in [0.2, 0.25) is 0 Å². The lowest BCUT2D eigenvalue weighted by molar-refractivity contribution is -0.159. The van der Waals surface area contributed by atoms with Crippen molar-refractivity contribution in [2.24, 2.45) is 5.92 Å². The quantitative estimate of drug-likeness (QED) is 0.281. The molecular formula is C33H45N3O8. The number of benzene rings is 2. The number of alkyl carbamates (subject to hydrolysis) is 1. The van der Waals surface area contributed by atoms with Crippen molar-refractivity contribution in [2.75, 3.05) is 6.61 Å². The molecule has 4 N–H and O–H groups in total. The fraction of sp³-hybridized carbons (Fsp3) is 0.515. The Labute approximate surface area is 258 Å². The van der Waals surface area contributed by atoms with E-state index in [1.54, 1.807) is 41.5 Å². The predicted octanol–water partition coefficient (Wildman–Crippen LogP) is 3.63. The van der Waals surface area contributed by atoms with E-state index in [-0.39, 0.29) is 18.1 Å². The van der Waals surface area contributed by atoms with Crippen molar-refractivity contribution in [3.8, 4) is 5.75 Å². The van der Waals surface area contributed by atoms with Crippen LogP contribution < -0.4 is 10.6 Å². The van der Waals surface area contributed by atoms with Gasteiger partial charge in [-0.2, -0.15) is 0 Å². The van der Waals surface area contributed by atoms with Crippen LogP contribution in [-0.2, 0) is 30.3 Å². The number of carbonyl (C=O) groups is 4. The van der Waals surface area contributed by atoms with E-state index in [0.717, 1.165) is 5.56 Å². The smallest absolute Gasteiger partial charge is 0.408 e. The number of aliphatic hydroxyl groups excluding tert-OH is 1. The zero-order chi connectivity index (χ0) is 32.8. The molecule has 1 fully saturated rings. The van der Waals surface area contributed by atoms with Gasteiger partial charge in [0.1, 0.15) is 35.1 Å². The van der Waals surface area contributed by atoms with E-state index in [4.69, 9.17) is 9.47 Å². The van der Waals surface area contributed by atoms with Crippen LogP contribution in [0.5, 0.6) is 5.75 Å². The lowest BCUT2D eigenvalue weighted by Gasteiger charge is -2.35. The minimum atomic E-state index is -1.41. The summed E-state index contributed by atoms with van der Waals surface area (Å²) in [7, 11) is 0. The Bertz CT molecular complexity index is 1300. The molecule has 0 bridgehead atoms. The highest BCUT2D eigenvalue weighted by molar-refractivity contribution is 5.94. The number of carbonyl (C=O) groups excluding carboxylic acids is 4. The van der Waals surface area contributed by atoms with E-state index in [0.29, 0.717) is 12.0 Å². The first kappa shape index (κ1) is 34.4. The lowest BCUT2D eigenvalue weighted by atomic mass is 10.00. The highest BCUT2D eigenvalue weighted by Gasteiger charge is 2.48. The molecule has 1 aliphatic carbocycles. The van der Waals surface area contributed by atoms with Crippen LogP contribution in [0.25, 0.3) is 0 Å². The van der Waals surface area contributed by atoms with Crippen molar-refractivity contribution in [2.45, 2.75) is 96.7 Å². The molecule has 11 nitrogen and oxygen atoms in total. The van der Waals surface area contributed by atoms with E-state index in [1.165, 1.54) is 29.2 Å². The maximum Gasteiger partial charge on any atom is 0.408 e. The molecule has 0 spiro atoms. The largest absolute Gasteiger partial charge is 0.508 e. The Morgan fingerprint density at radius 1 is 0.886 bits per heavy atom. The summed E-state index contributed by atoms with van der Waals surface area (Å²) in [5.41, 5.74) is -0.512. The Kier molecular flexibility index (Phi) is 11.0. The monoisotopic (exact) mass is 611 g/mol. The number of hydrogen-bond acceptors (Lipinski definition) is 8. The fourth-order valence-corrected chi connectivity index (χ4v) is 4.75. The number of amides is 3. The van der Waals surface area contributed by atoms with Crippen molar-refractivity contribution in [3.05, 3.63) is 65.7 Å². The molecule has 5 atom stereocenters. The van der Waals surface area contributed by atoms with Crippen molar-refractivity contribution in [1.82, 2.24) is 15.5 Å². The summed E-state index contributed by atoms with van der Waals surface area (Å²) in [6.07, 6.45) is -0.179. The van der Waals surface area contributed by atoms with Gasteiger partial charge < -0.3 is 35.2 Å². The Hall–Kier alpha value is -4.12. The number of nitrogens with one attached hydrogen (secondary N) is 2. The number of phenols is 1. The second-order valence-electron chi connectivity index (χ2n) is 13.2. The van der Waals surface area contributed by atoms with Gasteiger partial charge in [0.25, 0.3) is 0 Å². The summed E-state index contributed by atoms with van der Waals surface area (Å²) >= 11 is 0. The molecule has 0 aromatic heterocycles. The lowest BCUT2D eigenvalue weighted by Crippen LogP contribution is -2.56. The summed E-state index contributed by atoms with van der Waals surface area (Å²) < 4.78 is 10.9. The van der Waals surface area contributed by atoms with E-state index in [2.05, 4.69) is 10.6 Å². The van der Waals surface area contributed by atoms with Gasteiger partial charge in [-0.25, -0.2) is 9.59 Å². The zero-order valence-corrected chi connectivity index (χ0v) is 26.5. The highest BCUT2D eigenvalue weighted by atomic mass is 16.6. The third-order valence-corrected chi connectivity index (χ3v) is 6.88. The average molecular weight is 612 g/mol. The van der Waals surface area contributed by atoms with Crippen molar-refractivity contribution in [1.29, 1.82) is 0 Å². The molecular weight excluding hydrogens is 566 g/mol. The minimum Gasteiger partial charge on any atom is -0.508 e. The molecule has 0 aliphatic heterocycles. The summed E-state index contributed by atoms with van der Waals surface area (Å²) in [4.78, 5) is 55.6. The van der Waals surface area contributed by atoms with Gasteiger partial charge in [0.05, 0.1) is 6.61 Å². The summed E-state index contributed by atoms with van der Waals surface area (Å²) in [6, 6.07) is 10.8. The first-order valence-electron chi connectivity index (χ1n) is 14.8. The molecule has 1 saturated carbocycles. The minimum absolute atomic E-state index is 0.0261. The van der Waals surface area contributed by atoms with Crippen molar-refractivity contribution < 1.29 is 38.9 Å². The number of ether oxygens (including phenoxy) is 2. The zero-order valence-electron chi connectivity index (χ0n) is 26.5. The fourth-order valence-electron chi connectivity index (χ4n) is 4.75. The molecule has 2 aromatic carbocycles. The van der Waals surface area contributed by atoms with Crippen molar-refractivity contribution >= 4 is 23.9 Å². The molecule has 0 heterocycles. The predicted molar refractivity (Wildman–Crippen MR) is 163 cm³/mol. The van der Waals surface area contributed by atoms with Gasteiger partial charge in [-0.1, -0.05) is 49.4 Å². The maximum atomic E-state index is 14.3. The van der Waals surface area contributed by atoms with Gasteiger partial charge in [0, 0.05) is 12.5 Å². The van der Waals surface area contributed by atoms with Gasteiger partial charge in [-0.05, 0) is 77.1 Å². The number of phenolic OH excluding ortho intramolecular Hbond substituents is 1. The topological polar surface area (TPSA) is 154 Å². The van der Waals surface area contributed by atoms with Gasteiger partial charge in [-0.15, -0.1) is 0 Å². The van der Waals surface area contributed by atoms with Crippen LogP contribution in [0.3, 0.4) is 0 Å². The molecule has 5 unspecified atom stereocenters. The third kappa shape index (κ3) is 9.97. The molecule has 11 heteroatoms. The SMILES string of the molecule is CC1CC1N(C(=O)C(CO)NC(=O)OC(C)(C)C)C(C(=O)NC(Cc1ccccc1)C(=O)OC(C)(C)C)c1ccc(O)cc1. The molecule has 240 valence electrons. The van der Waals surface area contributed by atoms with Gasteiger partial charge in [0.15, 0.2) is 0 Å². The van der Waals surface area contributed by atoms with Crippen LogP contribution in [0.1, 0.15) is 72.1 Å². The number of nitrogens with zero attached hydrogens (tertiary/aromatic N) is 1. The molecule has 0 saturated heterocycles. The normalized spacial score (nSPS) is 18.3. The second kappa shape index (κ2) is 14.1. The van der Waals surface area contributed by atoms with Crippen LogP contribution in [0.15, 0.2) is 54.6 Å². The Morgan fingerprint density at radius 2 is 1.45 bits per heavy atom. The summed E-state index contributed by atoms with van der Waals surface area (Å²) in [6.45, 7) is 11.4. The number of rotatable bonds is 11. The number of aromatic hydroxyl groups is 1. The molecule has 3 amide bonds. The molecule has 0 radical (unpaired) electrons. The molecule has 2 aromatic rings. The van der Waals surface area contributed by atoms with Crippen LogP contribution in [0.4, 0.5) is 4.79 Å². The average Bonchev–Trinajstić information content (AvgIpc) is 3.64. The van der Waals surface area contributed by atoms with Gasteiger partial charge >= 0.3 is 12.1 Å². The second-order valence-corrected chi connectivity index (χ2v) is 13.2.